The second kappa shape index (κ2) is 6.75. The quantitative estimate of drug-likeness (QED) is 0.865. The predicted octanol–water partition coefficient (Wildman–Crippen LogP) is 3.48. The van der Waals surface area contributed by atoms with Crippen molar-refractivity contribution in [3.05, 3.63) is 11.1 Å². The summed E-state index contributed by atoms with van der Waals surface area (Å²) in [6, 6.07) is 0.356. The van der Waals surface area contributed by atoms with Gasteiger partial charge < -0.3 is 5.32 Å². The van der Waals surface area contributed by atoms with Gasteiger partial charge in [0.25, 0.3) is 0 Å². The number of rotatable bonds is 4. The van der Waals surface area contributed by atoms with Crippen LogP contribution in [-0.2, 0) is 4.79 Å². The van der Waals surface area contributed by atoms with Gasteiger partial charge in [-0.3, -0.25) is 4.79 Å². The van der Waals surface area contributed by atoms with Gasteiger partial charge >= 0.3 is 0 Å². The molecule has 106 valence electrons. The van der Waals surface area contributed by atoms with Crippen molar-refractivity contribution >= 4 is 29.0 Å². The fraction of sp³-hybridized carbons (Fsp3) is 0.714. The Bertz CT molecular complexity index is 433. The maximum Gasteiger partial charge on any atom is 0.230 e. The average Bonchev–Trinajstić information content (AvgIpc) is 2.78. The van der Waals surface area contributed by atoms with Crippen LogP contribution in [-0.4, -0.2) is 22.7 Å². The molecular formula is C14H22N2OS2. The lowest BCUT2D eigenvalue weighted by Gasteiger charge is -2.34. The second-order valence-corrected chi connectivity index (χ2v) is 7.57. The molecule has 1 aliphatic carbocycles. The average molecular weight is 298 g/mol. The fourth-order valence-corrected chi connectivity index (χ4v) is 4.22. The zero-order valence-electron chi connectivity index (χ0n) is 11.8. The van der Waals surface area contributed by atoms with Crippen molar-refractivity contribution < 1.29 is 4.79 Å². The monoisotopic (exact) mass is 298 g/mol. The number of nitrogens with one attached hydrogen (secondary N) is 1. The maximum absolute atomic E-state index is 12.0. The Hall–Kier alpha value is -0.550. The van der Waals surface area contributed by atoms with Gasteiger partial charge in [-0.05, 0) is 25.2 Å². The lowest BCUT2D eigenvalue weighted by molar-refractivity contribution is -0.119. The molecule has 0 spiro atoms. The number of thioether (sulfide) groups is 1. The van der Waals surface area contributed by atoms with Gasteiger partial charge in [0.15, 0.2) is 4.34 Å². The van der Waals surface area contributed by atoms with Crippen molar-refractivity contribution in [1.29, 1.82) is 0 Å². The first-order chi connectivity index (χ1) is 9.06. The number of amides is 1. The summed E-state index contributed by atoms with van der Waals surface area (Å²) in [5.41, 5.74) is 1.03. The van der Waals surface area contributed by atoms with E-state index in [1.807, 2.05) is 12.3 Å². The van der Waals surface area contributed by atoms with Crippen molar-refractivity contribution in [2.24, 2.45) is 11.8 Å². The van der Waals surface area contributed by atoms with Gasteiger partial charge in [0, 0.05) is 17.1 Å². The topological polar surface area (TPSA) is 42.0 Å². The van der Waals surface area contributed by atoms with Gasteiger partial charge in [-0.25, -0.2) is 4.98 Å². The fourth-order valence-electron chi connectivity index (χ4n) is 2.56. The number of carbonyl (C=O) groups excluding carboxylic acids is 1. The summed E-state index contributed by atoms with van der Waals surface area (Å²) in [6.45, 7) is 6.52. The van der Waals surface area contributed by atoms with Crippen molar-refractivity contribution in [2.75, 3.05) is 5.75 Å². The van der Waals surface area contributed by atoms with Crippen molar-refractivity contribution in [2.45, 2.75) is 50.4 Å². The lowest BCUT2D eigenvalue weighted by atomic mass is 9.78. The van der Waals surface area contributed by atoms with E-state index in [4.69, 9.17) is 0 Å². The molecule has 0 aromatic carbocycles. The Balaban J connectivity index is 1.77. The first-order valence-electron chi connectivity index (χ1n) is 6.90. The molecule has 1 N–H and O–H groups in total. The highest BCUT2D eigenvalue weighted by Crippen LogP contribution is 2.29. The molecule has 1 aromatic rings. The lowest BCUT2D eigenvalue weighted by Crippen LogP contribution is -2.44. The van der Waals surface area contributed by atoms with E-state index in [2.05, 4.69) is 24.1 Å². The molecule has 0 radical (unpaired) electrons. The smallest absolute Gasteiger partial charge is 0.230 e. The van der Waals surface area contributed by atoms with E-state index >= 15 is 0 Å². The van der Waals surface area contributed by atoms with Gasteiger partial charge in [0.05, 0.1) is 5.75 Å². The molecule has 1 fully saturated rings. The van der Waals surface area contributed by atoms with Crippen LogP contribution in [0.1, 0.15) is 38.8 Å². The van der Waals surface area contributed by atoms with Crippen LogP contribution in [0.4, 0.5) is 0 Å². The molecule has 1 aliphatic rings. The summed E-state index contributed by atoms with van der Waals surface area (Å²) in [6.07, 6.45) is 3.65. The van der Waals surface area contributed by atoms with E-state index < -0.39 is 0 Å². The highest BCUT2D eigenvalue weighted by molar-refractivity contribution is 8.01. The number of aromatic nitrogens is 1. The van der Waals surface area contributed by atoms with Gasteiger partial charge in [-0.1, -0.05) is 38.5 Å². The molecule has 0 aliphatic heterocycles. The molecule has 1 heterocycles. The molecule has 3 nitrogen and oxygen atoms in total. The van der Waals surface area contributed by atoms with Crippen LogP contribution in [0.5, 0.6) is 0 Å². The van der Waals surface area contributed by atoms with E-state index in [0.29, 0.717) is 23.6 Å². The molecule has 0 saturated heterocycles. The van der Waals surface area contributed by atoms with Crippen LogP contribution < -0.4 is 5.32 Å². The number of carbonyl (C=O) groups is 1. The number of aryl methyl sites for hydroxylation is 1. The first-order valence-corrected chi connectivity index (χ1v) is 8.77. The highest BCUT2D eigenvalue weighted by Gasteiger charge is 2.27. The predicted molar refractivity (Wildman–Crippen MR) is 81.7 cm³/mol. The first kappa shape index (κ1) is 14.9. The van der Waals surface area contributed by atoms with Gasteiger partial charge in [0.2, 0.25) is 5.91 Å². The number of thiazole rings is 1. The Morgan fingerprint density at radius 1 is 1.53 bits per heavy atom. The molecular weight excluding hydrogens is 276 g/mol. The van der Waals surface area contributed by atoms with Crippen molar-refractivity contribution in [3.8, 4) is 0 Å². The molecule has 1 aromatic heterocycles. The summed E-state index contributed by atoms with van der Waals surface area (Å²) in [5, 5.41) is 5.21. The second-order valence-electron chi connectivity index (χ2n) is 5.48. The number of hydrogen-bond donors (Lipinski definition) is 1. The van der Waals surface area contributed by atoms with Gasteiger partial charge in [-0.15, -0.1) is 11.3 Å². The molecule has 1 amide bonds. The van der Waals surface area contributed by atoms with E-state index in [1.165, 1.54) is 24.6 Å². The van der Waals surface area contributed by atoms with Gasteiger partial charge in [0.1, 0.15) is 0 Å². The summed E-state index contributed by atoms with van der Waals surface area (Å²) in [4.78, 5) is 16.3. The normalized spacial score (nSPS) is 27.2. The minimum Gasteiger partial charge on any atom is -0.352 e. The van der Waals surface area contributed by atoms with Crippen LogP contribution in [0.3, 0.4) is 0 Å². The molecule has 1 saturated carbocycles. The standard InChI is InChI=1S/C14H22N2OS2/c1-9-5-4-6-12(11(9)3)16-13(17)8-19-14-15-10(2)7-18-14/h7,9,11-12H,4-6,8H2,1-3H3,(H,16,17)/t9-,11-,12+/m1/s1. The molecule has 5 heteroatoms. The number of nitrogens with zero attached hydrogens (tertiary/aromatic N) is 1. The zero-order chi connectivity index (χ0) is 13.8. The summed E-state index contributed by atoms with van der Waals surface area (Å²) in [7, 11) is 0. The van der Waals surface area contributed by atoms with E-state index in [-0.39, 0.29) is 5.91 Å². The molecule has 3 atom stereocenters. The largest absolute Gasteiger partial charge is 0.352 e. The SMILES string of the molecule is Cc1csc(SCC(=O)N[C@H]2CCC[C@@H](C)[C@H]2C)n1. The number of hydrogen-bond acceptors (Lipinski definition) is 4. The third kappa shape index (κ3) is 4.21. The summed E-state index contributed by atoms with van der Waals surface area (Å²) < 4.78 is 0.984. The van der Waals surface area contributed by atoms with E-state index in [0.717, 1.165) is 16.5 Å². The van der Waals surface area contributed by atoms with Crippen molar-refractivity contribution in [1.82, 2.24) is 10.3 Å². The summed E-state index contributed by atoms with van der Waals surface area (Å²) in [5.74, 6) is 1.92. The van der Waals surface area contributed by atoms with E-state index in [1.54, 1.807) is 11.3 Å². The van der Waals surface area contributed by atoms with Gasteiger partial charge in [-0.2, -0.15) is 0 Å². The molecule has 0 unspecified atom stereocenters. The molecule has 19 heavy (non-hydrogen) atoms. The zero-order valence-corrected chi connectivity index (χ0v) is 13.4. The van der Waals surface area contributed by atoms with E-state index in [9.17, 15) is 4.79 Å². The van der Waals surface area contributed by atoms with Crippen LogP contribution in [0.2, 0.25) is 0 Å². The Morgan fingerprint density at radius 2 is 2.32 bits per heavy atom. The summed E-state index contributed by atoms with van der Waals surface area (Å²) >= 11 is 3.15. The third-order valence-electron chi connectivity index (χ3n) is 3.98. The third-order valence-corrected chi connectivity index (χ3v) is 6.12. The van der Waals surface area contributed by atoms with Crippen LogP contribution >= 0.6 is 23.1 Å². The Labute approximate surface area is 123 Å². The maximum atomic E-state index is 12.0. The Morgan fingerprint density at radius 3 is 3.00 bits per heavy atom. The molecule has 0 bridgehead atoms. The minimum absolute atomic E-state index is 0.142. The molecule has 2 rings (SSSR count). The highest BCUT2D eigenvalue weighted by atomic mass is 32.2. The Kier molecular flexibility index (Phi) is 5.28. The van der Waals surface area contributed by atoms with Crippen LogP contribution in [0.25, 0.3) is 0 Å². The minimum atomic E-state index is 0.142. The van der Waals surface area contributed by atoms with Crippen molar-refractivity contribution in [3.63, 3.8) is 0 Å². The van der Waals surface area contributed by atoms with Crippen LogP contribution in [0, 0.1) is 18.8 Å². The van der Waals surface area contributed by atoms with Crippen LogP contribution in [0.15, 0.2) is 9.72 Å².